The van der Waals surface area contributed by atoms with Crippen LogP contribution in [-0.2, 0) is 12.8 Å². The van der Waals surface area contributed by atoms with Gasteiger partial charge in [0.15, 0.2) is 11.5 Å². The number of nitrogens with one attached hydrogen (secondary N) is 1. The predicted octanol–water partition coefficient (Wildman–Crippen LogP) is 4.02. The number of hydrogen-bond acceptors (Lipinski definition) is 6. The molecule has 1 N–H and O–H groups in total. The number of ether oxygens (including phenoxy) is 2. The molecule has 0 spiro atoms. The average molecular weight is 476 g/mol. The van der Waals surface area contributed by atoms with Gasteiger partial charge in [-0.15, -0.1) is 5.10 Å². The number of tetrazole rings is 1. The Hall–Kier alpha value is -4.27. The Bertz CT molecular complexity index is 1320. The molecule has 8 nitrogen and oxygen atoms in total. The molecule has 4 rings (SSSR count). The van der Waals surface area contributed by atoms with Gasteiger partial charge in [0.05, 0.1) is 19.9 Å². The summed E-state index contributed by atoms with van der Waals surface area (Å²) in [6.07, 6.45) is 2.78. The minimum atomic E-state index is -0.342. The number of carbonyl (C=O) groups excluding carboxylic acids is 1. The largest absolute Gasteiger partial charge is 0.493 e. The van der Waals surface area contributed by atoms with E-state index in [4.69, 9.17) is 9.47 Å². The normalized spacial score (nSPS) is 10.7. The molecule has 35 heavy (non-hydrogen) atoms. The highest BCUT2D eigenvalue weighted by atomic mass is 19.1. The van der Waals surface area contributed by atoms with Crippen LogP contribution in [0.5, 0.6) is 11.5 Å². The summed E-state index contributed by atoms with van der Waals surface area (Å²) in [5.74, 6) is 0.690. The van der Waals surface area contributed by atoms with E-state index in [-0.39, 0.29) is 11.7 Å². The van der Waals surface area contributed by atoms with Crippen molar-refractivity contribution in [2.75, 3.05) is 20.8 Å². The van der Waals surface area contributed by atoms with Crippen molar-refractivity contribution in [2.45, 2.75) is 19.8 Å². The molecule has 1 aromatic heterocycles. The fraction of sp³-hybridized carbons (Fsp3) is 0.231. The molecule has 1 amide bonds. The molecule has 0 atom stereocenters. The number of nitrogens with zero attached hydrogens (tertiary/aromatic N) is 4. The number of aromatic nitrogens is 4. The summed E-state index contributed by atoms with van der Waals surface area (Å²) in [5.41, 5.74) is 4.43. The maximum atomic E-state index is 14.1. The van der Waals surface area contributed by atoms with Crippen molar-refractivity contribution in [1.82, 2.24) is 25.5 Å². The van der Waals surface area contributed by atoms with Gasteiger partial charge in [-0.05, 0) is 88.0 Å². The molecule has 3 aromatic carbocycles. The van der Waals surface area contributed by atoms with Gasteiger partial charge in [0.25, 0.3) is 5.91 Å². The lowest BCUT2D eigenvalue weighted by Gasteiger charge is -2.13. The Balaban J connectivity index is 1.59. The van der Waals surface area contributed by atoms with Crippen LogP contribution in [0.4, 0.5) is 4.39 Å². The zero-order chi connectivity index (χ0) is 24.8. The van der Waals surface area contributed by atoms with Crippen LogP contribution in [0.15, 0.2) is 60.9 Å². The molecular weight excluding hydrogens is 449 g/mol. The molecule has 0 saturated carbocycles. The number of aryl methyl sites for hydroxylation is 1. The first-order chi connectivity index (χ1) is 17.0. The summed E-state index contributed by atoms with van der Waals surface area (Å²) in [5, 5.41) is 14.3. The lowest BCUT2D eigenvalue weighted by atomic mass is 9.95. The van der Waals surface area contributed by atoms with Crippen molar-refractivity contribution < 1.29 is 18.7 Å². The van der Waals surface area contributed by atoms with E-state index in [1.54, 1.807) is 32.4 Å². The summed E-state index contributed by atoms with van der Waals surface area (Å²) in [7, 11) is 3.17. The van der Waals surface area contributed by atoms with Gasteiger partial charge in [-0.2, -0.15) is 0 Å². The summed E-state index contributed by atoms with van der Waals surface area (Å²) in [6.45, 7) is 2.42. The number of halogens is 1. The molecule has 9 heteroatoms. The second kappa shape index (κ2) is 10.8. The van der Waals surface area contributed by atoms with Crippen molar-refractivity contribution in [2.24, 2.45) is 0 Å². The Kier molecular flexibility index (Phi) is 7.35. The molecule has 0 radical (unpaired) electrons. The van der Waals surface area contributed by atoms with Crippen LogP contribution in [0, 0.1) is 5.82 Å². The number of rotatable bonds is 9. The minimum Gasteiger partial charge on any atom is -0.493 e. The third-order valence-electron chi connectivity index (χ3n) is 5.70. The number of carbonyl (C=O) groups is 1. The second-order valence-corrected chi connectivity index (χ2v) is 7.87. The van der Waals surface area contributed by atoms with Crippen molar-refractivity contribution in [3.63, 3.8) is 0 Å². The monoisotopic (exact) mass is 475 g/mol. The smallest absolute Gasteiger partial charge is 0.251 e. The maximum Gasteiger partial charge on any atom is 0.251 e. The van der Waals surface area contributed by atoms with Crippen LogP contribution in [0.25, 0.3) is 16.8 Å². The van der Waals surface area contributed by atoms with Crippen molar-refractivity contribution >= 4 is 5.91 Å². The van der Waals surface area contributed by atoms with E-state index in [2.05, 4.69) is 20.8 Å². The molecule has 0 aliphatic rings. The lowest BCUT2D eigenvalue weighted by molar-refractivity contribution is 0.0954. The highest BCUT2D eigenvalue weighted by Crippen LogP contribution is 2.29. The molecule has 0 saturated heterocycles. The fourth-order valence-electron chi connectivity index (χ4n) is 3.89. The Morgan fingerprint density at radius 2 is 1.86 bits per heavy atom. The fourth-order valence-corrected chi connectivity index (χ4v) is 3.89. The Labute approximate surface area is 202 Å². The molecule has 0 unspecified atom stereocenters. The van der Waals surface area contributed by atoms with Crippen molar-refractivity contribution in [1.29, 1.82) is 0 Å². The van der Waals surface area contributed by atoms with Crippen LogP contribution >= 0.6 is 0 Å². The molecule has 4 aromatic rings. The van der Waals surface area contributed by atoms with Gasteiger partial charge in [-0.1, -0.05) is 19.1 Å². The van der Waals surface area contributed by atoms with E-state index in [0.29, 0.717) is 41.3 Å². The second-order valence-electron chi connectivity index (χ2n) is 7.87. The summed E-state index contributed by atoms with van der Waals surface area (Å²) in [4.78, 5) is 13.1. The number of hydrogen-bond donors (Lipinski definition) is 1. The zero-order valence-corrected chi connectivity index (χ0v) is 19.8. The first-order valence-corrected chi connectivity index (χ1v) is 11.2. The van der Waals surface area contributed by atoms with E-state index < -0.39 is 0 Å². The van der Waals surface area contributed by atoms with Crippen molar-refractivity contribution in [3.8, 4) is 28.3 Å². The molecule has 0 aliphatic heterocycles. The van der Waals surface area contributed by atoms with Gasteiger partial charge in [0.1, 0.15) is 12.1 Å². The van der Waals surface area contributed by atoms with Crippen molar-refractivity contribution in [3.05, 3.63) is 83.4 Å². The average Bonchev–Trinajstić information content (AvgIpc) is 3.43. The standard InChI is InChI=1S/C26H26FN5O3/c1-4-18-6-7-21(27)15-23(18)19-12-20(14-22(13-19)32-16-29-30-31-32)26(33)28-10-9-17-5-8-24(34-2)25(11-17)35-3/h5-8,11-16H,4,9-10H2,1-3H3,(H,28,33). The van der Waals surface area contributed by atoms with Gasteiger partial charge < -0.3 is 14.8 Å². The zero-order valence-electron chi connectivity index (χ0n) is 19.8. The molecule has 0 bridgehead atoms. The highest BCUT2D eigenvalue weighted by molar-refractivity contribution is 5.96. The maximum absolute atomic E-state index is 14.1. The van der Waals surface area contributed by atoms with E-state index in [9.17, 15) is 9.18 Å². The van der Waals surface area contributed by atoms with E-state index in [1.807, 2.05) is 31.2 Å². The first-order valence-electron chi connectivity index (χ1n) is 11.2. The van der Waals surface area contributed by atoms with Gasteiger partial charge in [0.2, 0.25) is 0 Å². The number of amides is 1. The van der Waals surface area contributed by atoms with Crippen LogP contribution in [-0.4, -0.2) is 46.9 Å². The predicted molar refractivity (Wildman–Crippen MR) is 130 cm³/mol. The summed E-state index contributed by atoms with van der Waals surface area (Å²) < 4.78 is 26.2. The molecule has 0 fully saturated rings. The highest BCUT2D eigenvalue weighted by Gasteiger charge is 2.14. The molecule has 0 aliphatic carbocycles. The molecular formula is C26H26FN5O3. The lowest BCUT2D eigenvalue weighted by Crippen LogP contribution is -2.26. The third kappa shape index (κ3) is 5.46. The van der Waals surface area contributed by atoms with Gasteiger partial charge >= 0.3 is 0 Å². The topological polar surface area (TPSA) is 91.2 Å². The van der Waals surface area contributed by atoms with Gasteiger partial charge in [0, 0.05) is 12.1 Å². The van der Waals surface area contributed by atoms with Crippen LogP contribution in [0.2, 0.25) is 0 Å². The van der Waals surface area contributed by atoms with Gasteiger partial charge in [-0.3, -0.25) is 4.79 Å². The van der Waals surface area contributed by atoms with Crippen LogP contribution < -0.4 is 14.8 Å². The van der Waals surface area contributed by atoms with E-state index in [0.717, 1.165) is 23.1 Å². The van der Waals surface area contributed by atoms with E-state index in [1.165, 1.54) is 23.1 Å². The third-order valence-corrected chi connectivity index (χ3v) is 5.70. The Morgan fingerprint density at radius 3 is 2.57 bits per heavy atom. The van der Waals surface area contributed by atoms with Crippen LogP contribution in [0.3, 0.4) is 0 Å². The molecule has 180 valence electrons. The number of benzene rings is 3. The van der Waals surface area contributed by atoms with E-state index >= 15 is 0 Å². The van der Waals surface area contributed by atoms with Gasteiger partial charge in [-0.25, -0.2) is 9.07 Å². The Morgan fingerprint density at radius 1 is 1.03 bits per heavy atom. The molecule has 1 heterocycles. The minimum absolute atomic E-state index is 0.254. The van der Waals surface area contributed by atoms with Crippen LogP contribution in [0.1, 0.15) is 28.4 Å². The first kappa shape index (κ1) is 23.9. The number of methoxy groups -OCH3 is 2. The SMILES string of the molecule is CCc1ccc(F)cc1-c1cc(C(=O)NCCc2ccc(OC)c(OC)c2)cc(-n2cnnn2)c1. The summed E-state index contributed by atoms with van der Waals surface area (Å²) in [6, 6.07) is 15.6. The quantitative estimate of drug-likeness (QED) is 0.393. The summed E-state index contributed by atoms with van der Waals surface area (Å²) >= 11 is 0.